The van der Waals surface area contributed by atoms with Crippen molar-refractivity contribution in [1.82, 2.24) is 9.78 Å². The fourth-order valence-electron chi connectivity index (χ4n) is 4.31. The molecule has 1 aliphatic heterocycles. The molecular weight excluding hydrogens is 528 g/mol. The number of para-hydroxylation sites is 5. The van der Waals surface area contributed by atoms with Gasteiger partial charge in [-0.05, 0) is 43.3 Å². The first-order valence-electron chi connectivity index (χ1n) is 13.4. The SMILES string of the molecule is Cc1[nH]n(-c2ccccc2)c(=O)c1C(=O)COC1COc2ccccc2OCCOCCOc2ccccc2OC1. The minimum Gasteiger partial charge on any atom is -0.487 e. The van der Waals surface area contributed by atoms with Gasteiger partial charge in [0.1, 0.15) is 44.7 Å². The Labute approximate surface area is 237 Å². The number of hydrogen-bond acceptors (Lipinski definition) is 8. The van der Waals surface area contributed by atoms with E-state index < -0.39 is 17.4 Å². The number of fused-ring (bicyclic) bond motifs is 2. The van der Waals surface area contributed by atoms with Gasteiger partial charge >= 0.3 is 0 Å². The summed E-state index contributed by atoms with van der Waals surface area (Å²) in [5, 5.41) is 2.98. The van der Waals surface area contributed by atoms with Crippen LogP contribution in [0.1, 0.15) is 16.1 Å². The fraction of sp³-hybridized carbons (Fsp3) is 0.290. The largest absolute Gasteiger partial charge is 0.487 e. The minimum absolute atomic E-state index is 0.0450. The Bertz CT molecular complexity index is 1440. The van der Waals surface area contributed by atoms with E-state index in [1.807, 2.05) is 42.5 Å². The van der Waals surface area contributed by atoms with Crippen molar-refractivity contribution < 1.29 is 33.2 Å². The maximum absolute atomic E-state index is 13.2. The summed E-state index contributed by atoms with van der Waals surface area (Å²) in [5.74, 6) is 1.72. The van der Waals surface area contributed by atoms with Crippen molar-refractivity contribution in [2.45, 2.75) is 13.0 Å². The lowest BCUT2D eigenvalue weighted by Crippen LogP contribution is -2.32. The van der Waals surface area contributed by atoms with Gasteiger partial charge in [0.25, 0.3) is 5.56 Å². The first-order chi connectivity index (χ1) is 20.1. The topological polar surface area (TPSA) is 110 Å². The molecule has 1 aromatic heterocycles. The standard InChI is InChI=1S/C31H32N2O8/c1-22-30(31(35)33(32-22)23-9-3-2-4-10-23)25(34)21-39-24-19-40-28-13-7-5-11-26(28)37-17-15-36-16-18-38-27-12-6-8-14-29(27)41-20-24/h2-14,24,32H,15-21H2,1H3. The summed E-state index contributed by atoms with van der Waals surface area (Å²) < 4.78 is 36.7. The molecule has 0 amide bonds. The first kappa shape index (κ1) is 28.0. The number of carbonyl (C=O) groups is 1. The average Bonchev–Trinajstić information content (AvgIpc) is 3.30. The molecule has 0 spiro atoms. The summed E-state index contributed by atoms with van der Waals surface area (Å²) in [6.07, 6.45) is -0.660. The van der Waals surface area contributed by atoms with Gasteiger partial charge in [-0.25, -0.2) is 4.68 Å². The molecule has 0 saturated carbocycles. The summed E-state index contributed by atoms with van der Waals surface area (Å²) in [4.78, 5) is 26.3. The smallest absolute Gasteiger partial charge is 0.282 e. The molecule has 41 heavy (non-hydrogen) atoms. The summed E-state index contributed by atoms with van der Waals surface area (Å²) in [6, 6.07) is 23.6. The molecule has 0 saturated heterocycles. The van der Waals surface area contributed by atoms with Crippen LogP contribution in [-0.4, -0.2) is 67.9 Å². The Morgan fingerprint density at radius 3 is 1.85 bits per heavy atom. The number of Topliss-reactive ketones (excluding diaryl/α,β-unsaturated/α-hetero) is 1. The molecule has 3 aromatic carbocycles. The van der Waals surface area contributed by atoms with Crippen LogP contribution in [0.15, 0.2) is 83.7 Å². The van der Waals surface area contributed by atoms with Gasteiger partial charge in [0, 0.05) is 5.69 Å². The molecule has 1 N–H and O–H groups in total. The number of benzene rings is 3. The second-order valence-corrected chi connectivity index (χ2v) is 9.27. The highest BCUT2D eigenvalue weighted by Crippen LogP contribution is 2.28. The van der Waals surface area contributed by atoms with Gasteiger partial charge < -0.3 is 28.4 Å². The van der Waals surface area contributed by atoms with Crippen molar-refractivity contribution in [1.29, 1.82) is 0 Å². The van der Waals surface area contributed by atoms with E-state index in [9.17, 15) is 9.59 Å². The molecule has 1 aliphatic rings. The molecule has 4 aromatic rings. The lowest BCUT2D eigenvalue weighted by molar-refractivity contribution is -0.00372. The molecular formula is C31H32N2O8. The van der Waals surface area contributed by atoms with E-state index in [2.05, 4.69) is 5.10 Å². The lowest BCUT2D eigenvalue weighted by Gasteiger charge is -2.21. The van der Waals surface area contributed by atoms with Crippen LogP contribution in [0.2, 0.25) is 0 Å². The minimum atomic E-state index is -0.660. The predicted octanol–water partition coefficient (Wildman–Crippen LogP) is 3.99. The normalized spacial score (nSPS) is 14.9. The number of aryl methyl sites for hydroxylation is 1. The van der Waals surface area contributed by atoms with Crippen LogP contribution in [-0.2, 0) is 9.47 Å². The number of nitrogens with zero attached hydrogens (tertiary/aromatic N) is 1. The zero-order valence-corrected chi connectivity index (χ0v) is 22.7. The summed E-state index contributed by atoms with van der Waals surface area (Å²) >= 11 is 0. The number of H-pyrrole nitrogens is 1. The number of aromatic nitrogens is 2. The van der Waals surface area contributed by atoms with Crippen LogP contribution in [0.4, 0.5) is 0 Å². The molecule has 10 heteroatoms. The Balaban J connectivity index is 1.33. The lowest BCUT2D eigenvalue weighted by atomic mass is 10.2. The van der Waals surface area contributed by atoms with Gasteiger partial charge in [0.2, 0.25) is 0 Å². The third kappa shape index (κ3) is 7.16. The Morgan fingerprint density at radius 2 is 1.29 bits per heavy atom. The van der Waals surface area contributed by atoms with Gasteiger partial charge in [-0.3, -0.25) is 14.7 Å². The van der Waals surface area contributed by atoms with Crippen LogP contribution in [0.25, 0.3) is 5.69 Å². The summed E-state index contributed by atoms with van der Waals surface area (Å²) in [5.41, 5.74) is 0.699. The quantitative estimate of drug-likeness (QED) is 0.365. The Morgan fingerprint density at radius 1 is 0.780 bits per heavy atom. The molecule has 2 heterocycles. The van der Waals surface area contributed by atoms with E-state index in [1.54, 1.807) is 43.3 Å². The fourth-order valence-corrected chi connectivity index (χ4v) is 4.31. The van der Waals surface area contributed by atoms with E-state index in [0.29, 0.717) is 60.8 Å². The third-order valence-corrected chi connectivity index (χ3v) is 6.33. The van der Waals surface area contributed by atoms with Gasteiger partial charge in [-0.2, -0.15) is 0 Å². The van der Waals surface area contributed by atoms with Gasteiger partial charge in [0.15, 0.2) is 28.8 Å². The molecule has 214 valence electrons. The summed E-state index contributed by atoms with van der Waals surface area (Å²) in [7, 11) is 0. The monoisotopic (exact) mass is 560 g/mol. The van der Waals surface area contributed by atoms with Gasteiger partial charge in [-0.15, -0.1) is 0 Å². The van der Waals surface area contributed by atoms with E-state index >= 15 is 0 Å². The van der Waals surface area contributed by atoms with Crippen LogP contribution < -0.4 is 24.5 Å². The number of aromatic amines is 1. The summed E-state index contributed by atoms with van der Waals surface area (Å²) in [6.45, 7) is 2.92. The Hall–Kier alpha value is -4.54. The van der Waals surface area contributed by atoms with Crippen molar-refractivity contribution in [3.63, 3.8) is 0 Å². The van der Waals surface area contributed by atoms with Crippen molar-refractivity contribution in [3.05, 3.63) is 100 Å². The maximum Gasteiger partial charge on any atom is 0.282 e. The van der Waals surface area contributed by atoms with Crippen LogP contribution >= 0.6 is 0 Å². The zero-order chi connectivity index (χ0) is 28.4. The highest BCUT2D eigenvalue weighted by Gasteiger charge is 2.22. The third-order valence-electron chi connectivity index (χ3n) is 6.33. The highest BCUT2D eigenvalue weighted by atomic mass is 16.6. The predicted molar refractivity (Wildman–Crippen MR) is 151 cm³/mol. The van der Waals surface area contributed by atoms with Gasteiger partial charge in [0.05, 0.1) is 18.9 Å². The second kappa shape index (κ2) is 13.7. The molecule has 0 radical (unpaired) electrons. The van der Waals surface area contributed by atoms with Crippen molar-refractivity contribution in [3.8, 4) is 28.7 Å². The molecule has 0 bridgehead atoms. The zero-order valence-electron chi connectivity index (χ0n) is 22.7. The highest BCUT2D eigenvalue weighted by molar-refractivity contribution is 5.97. The molecule has 10 nitrogen and oxygen atoms in total. The van der Waals surface area contributed by atoms with E-state index in [4.69, 9.17) is 28.4 Å². The molecule has 0 fully saturated rings. The number of carbonyl (C=O) groups excluding carboxylic acids is 1. The molecule has 5 rings (SSSR count). The number of nitrogens with one attached hydrogen (secondary N) is 1. The molecule has 0 unspecified atom stereocenters. The van der Waals surface area contributed by atoms with Crippen molar-refractivity contribution >= 4 is 5.78 Å². The second-order valence-electron chi connectivity index (χ2n) is 9.27. The number of hydrogen-bond donors (Lipinski definition) is 1. The van der Waals surface area contributed by atoms with Crippen LogP contribution in [0, 0.1) is 6.92 Å². The van der Waals surface area contributed by atoms with E-state index in [1.165, 1.54) is 4.68 Å². The van der Waals surface area contributed by atoms with Crippen LogP contribution in [0.5, 0.6) is 23.0 Å². The number of rotatable bonds is 5. The molecule has 0 atom stereocenters. The number of ether oxygens (including phenoxy) is 6. The Kier molecular flexibility index (Phi) is 9.35. The van der Waals surface area contributed by atoms with Crippen molar-refractivity contribution in [2.24, 2.45) is 0 Å². The van der Waals surface area contributed by atoms with E-state index in [-0.39, 0.29) is 25.4 Å². The van der Waals surface area contributed by atoms with Crippen molar-refractivity contribution in [2.75, 3.05) is 46.2 Å². The van der Waals surface area contributed by atoms with Crippen LogP contribution in [0.3, 0.4) is 0 Å². The first-order valence-corrected chi connectivity index (χ1v) is 13.4. The molecule has 0 aliphatic carbocycles. The number of ketones is 1. The average molecular weight is 561 g/mol. The van der Waals surface area contributed by atoms with E-state index in [0.717, 1.165) is 0 Å². The maximum atomic E-state index is 13.2. The van der Waals surface area contributed by atoms with Gasteiger partial charge in [-0.1, -0.05) is 42.5 Å².